The zero-order chi connectivity index (χ0) is 13.1. The third-order valence-electron chi connectivity index (χ3n) is 3.17. The quantitative estimate of drug-likeness (QED) is 0.535. The Labute approximate surface area is 117 Å². The van der Waals surface area contributed by atoms with Crippen LogP contribution in [0.25, 0.3) is 0 Å². The number of nitrogens with two attached hydrogens (primary N) is 1. The zero-order valence-electron chi connectivity index (χ0n) is 11.7. The molecule has 0 aliphatic carbocycles. The summed E-state index contributed by atoms with van der Waals surface area (Å²) in [7, 11) is 0. The van der Waals surface area contributed by atoms with E-state index in [9.17, 15) is 9.90 Å². The van der Waals surface area contributed by atoms with Crippen LogP contribution in [-0.4, -0.2) is 30.2 Å². The molecule has 0 bridgehead atoms. The second kappa shape index (κ2) is 13.1. The smallest absolute Gasteiger partial charge is 0.220 e. The van der Waals surface area contributed by atoms with Crippen molar-refractivity contribution in [1.82, 2.24) is 5.32 Å². The summed E-state index contributed by atoms with van der Waals surface area (Å²) in [5, 5.41) is 12.5. The number of amides is 1. The largest absolute Gasteiger partial charge is 0.391 e. The van der Waals surface area contributed by atoms with Gasteiger partial charge in [0, 0.05) is 13.0 Å². The minimum Gasteiger partial charge on any atom is -0.391 e. The number of unbranched alkanes of at least 4 members (excludes halogenated alkanes) is 3. The molecule has 0 spiro atoms. The Morgan fingerprint density at radius 1 is 1.28 bits per heavy atom. The minimum atomic E-state index is -0.429. The maximum absolute atomic E-state index is 11.4. The van der Waals surface area contributed by atoms with Gasteiger partial charge in [-0.3, -0.25) is 4.79 Å². The maximum Gasteiger partial charge on any atom is 0.220 e. The zero-order valence-corrected chi connectivity index (χ0v) is 12.5. The molecule has 2 atom stereocenters. The lowest BCUT2D eigenvalue weighted by molar-refractivity contribution is -0.121. The summed E-state index contributed by atoms with van der Waals surface area (Å²) >= 11 is 0. The molecule has 0 aromatic carbocycles. The third-order valence-corrected chi connectivity index (χ3v) is 3.17. The van der Waals surface area contributed by atoms with Gasteiger partial charge in [0.2, 0.25) is 5.91 Å². The Kier molecular flexibility index (Phi) is 14.6. The van der Waals surface area contributed by atoms with Crippen LogP contribution in [-0.2, 0) is 4.79 Å². The second-order valence-electron chi connectivity index (χ2n) is 4.71. The Morgan fingerprint density at radius 2 is 1.89 bits per heavy atom. The Bertz CT molecular complexity index is 203. The fourth-order valence-corrected chi connectivity index (χ4v) is 1.56. The molecule has 110 valence electrons. The first-order valence-corrected chi connectivity index (χ1v) is 6.76. The number of aliphatic hydroxyl groups is 1. The first-order valence-electron chi connectivity index (χ1n) is 6.76. The van der Waals surface area contributed by atoms with Gasteiger partial charge in [0.15, 0.2) is 0 Å². The molecule has 0 aliphatic heterocycles. The molecule has 18 heavy (non-hydrogen) atoms. The molecular formula is C13H29ClN2O2. The van der Waals surface area contributed by atoms with E-state index < -0.39 is 6.10 Å². The second-order valence-corrected chi connectivity index (χ2v) is 4.71. The van der Waals surface area contributed by atoms with Crippen LogP contribution in [0, 0.1) is 5.92 Å². The molecule has 0 rings (SSSR count). The highest BCUT2D eigenvalue weighted by atomic mass is 35.5. The molecule has 0 saturated heterocycles. The predicted molar refractivity (Wildman–Crippen MR) is 77.9 cm³/mol. The highest BCUT2D eigenvalue weighted by Gasteiger charge is 2.12. The molecule has 4 N–H and O–H groups in total. The van der Waals surface area contributed by atoms with Gasteiger partial charge in [-0.05, 0) is 25.3 Å². The van der Waals surface area contributed by atoms with Gasteiger partial charge in [-0.25, -0.2) is 0 Å². The van der Waals surface area contributed by atoms with Crippen LogP contribution < -0.4 is 11.1 Å². The minimum absolute atomic E-state index is 0. The molecule has 0 aliphatic rings. The van der Waals surface area contributed by atoms with Crippen molar-refractivity contribution in [3.8, 4) is 0 Å². The van der Waals surface area contributed by atoms with Crippen molar-refractivity contribution < 1.29 is 9.90 Å². The third kappa shape index (κ3) is 10.8. The summed E-state index contributed by atoms with van der Waals surface area (Å²) in [6.45, 7) is 5.13. The number of hydrogen-bond donors (Lipinski definition) is 3. The monoisotopic (exact) mass is 280 g/mol. The average molecular weight is 281 g/mol. The highest BCUT2D eigenvalue weighted by Crippen LogP contribution is 2.06. The standard InChI is InChI=1S/C13H28N2O2.ClH/c1-3-11(2)12(16)10-15-13(17)8-6-4-5-7-9-14;/h11-12,16H,3-10,14H2,1-2H3,(H,15,17);1H. The predicted octanol–water partition coefficient (Wildman–Crippen LogP) is 1.84. The molecule has 0 saturated carbocycles. The summed E-state index contributed by atoms with van der Waals surface area (Å²) in [6, 6.07) is 0. The van der Waals surface area contributed by atoms with Crippen LogP contribution in [0.2, 0.25) is 0 Å². The molecule has 0 aromatic rings. The number of carbonyl (C=O) groups is 1. The van der Waals surface area contributed by atoms with Crippen molar-refractivity contribution >= 4 is 18.3 Å². The molecule has 1 amide bonds. The number of carbonyl (C=O) groups excluding carboxylic acids is 1. The van der Waals surface area contributed by atoms with E-state index >= 15 is 0 Å². The molecule has 0 fully saturated rings. The number of hydrogen-bond acceptors (Lipinski definition) is 3. The first-order chi connectivity index (χ1) is 8.11. The van der Waals surface area contributed by atoms with Crippen molar-refractivity contribution in [3.05, 3.63) is 0 Å². The first kappa shape index (κ1) is 20.0. The van der Waals surface area contributed by atoms with E-state index in [0.29, 0.717) is 13.0 Å². The van der Waals surface area contributed by atoms with E-state index in [4.69, 9.17) is 5.73 Å². The van der Waals surface area contributed by atoms with Crippen molar-refractivity contribution in [2.45, 2.75) is 58.5 Å². The van der Waals surface area contributed by atoms with Crippen LogP contribution in [0.4, 0.5) is 0 Å². The lowest BCUT2D eigenvalue weighted by atomic mass is 10.0. The van der Waals surface area contributed by atoms with E-state index in [1.165, 1.54) is 0 Å². The normalized spacial score (nSPS) is 13.6. The van der Waals surface area contributed by atoms with Gasteiger partial charge in [0.25, 0.3) is 0 Å². The number of halogens is 1. The average Bonchev–Trinajstić information content (AvgIpc) is 2.34. The number of rotatable bonds is 10. The topological polar surface area (TPSA) is 75.3 Å². The van der Waals surface area contributed by atoms with Crippen LogP contribution in [0.15, 0.2) is 0 Å². The van der Waals surface area contributed by atoms with Crippen molar-refractivity contribution in [2.24, 2.45) is 11.7 Å². The fraction of sp³-hybridized carbons (Fsp3) is 0.923. The van der Waals surface area contributed by atoms with E-state index in [2.05, 4.69) is 5.32 Å². The van der Waals surface area contributed by atoms with Gasteiger partial charge < -0.3 is 16.2 Å². The molecular weight excluding hydrogens is 252 g/mol. The molecule has 5 heteroatoms. The number of aliphatic hydroxyl groups excluding tert-OH is 1. The van der Waals surface area contributed by atoms with Crippen LogP contribution >= 0.6 is 12.4 Å². The maximum atomic E-state index is 11.4. The van der Waals surface area contributed by atoms with E-state index in [1.54, 1.807) is 0 Å². The molecule has 2 unspecified atom stereocenters. The van der Waals surface area contributed by atoms with E-state index in [0.717, 1.165) is 38.6 Å². The Balaban J connectivity index is 0. The van der Waals surface area contributed by atoms with Gasteiger partial charge in [0.05, 0.1) is 6.10 Å². The molecule has 0 radical (unpaired) electrons. The lowest BCUT2D eigenvalue weighted by Gasteiger charge is -2.17. The summed E-state index contributed by atoms with van der Waals surface area (Å²) in [6.07, 6.45) is 5.15. The van der Waals surface area contributed by atoms with Gasteiger partial charge in [-0.15, -0.1) is 12.4 Å². The molecule has 0 heterocycles. The summed E-state index contributed by atoms with van der Waals surface area (Å²) in [5.74, 6) is 0.278. The summed E-state index contributed by atoms with van der Waals surface area (Å²) < 4.78 is 0. The van der Waals surface area contributed by atoms with Gasteiger partial charge in [0.1, 0.15) is 0 Å². The van der Waals surface area contributed by atoms with E-state index in [-0.39, 0.29) is 24.2 Å². The van der Waals surface area contributed by atoms with E-state index in [1.807, 2.05) is 13.8 Å². The SMILES string of the molecule is CCC(C)C(O)CNC(=O)CCCCCCN.Cl. The Hall–Kier alpha value is -0.320. The van der Waals surface area contributed by atoms with Gasteiger partial charge >= 0.3 is 0 Å². The van der Waals surface area contributed by atoms with Crippen LogP contribution in [0.5, 0.6) is 0 Å². The summed E-state index contributed by atoms with van der Waals surface area (Å²) in [5.41, 5.74) is 5.39. The Morgan fingerprint density at radius 3 is 2.44 bits per heavy atom. The molecule has 4 nitrogen and oxygen atoms in total. The summed E-state index contributed by atoms with van der Waals surface area (Å²) in [4.78, 5) is 11.4. The van der Waals surface area contributed by atoms with Crippen molar-refractivity contribution in [1.29, 1.82) is 0 Å². The van der Waals surface area contributed by atoms with Crippen LogP contribution in [0.1, 0.15) is 52.4 Å². The lowest BCUT2D eigenvalue weighted by Crippen LogP contribution is -2.35. The highest BCUT2D eigenvalue weighted by molar-refractivity contribution is 5.85. The van der Waals surface area contributed by atoms with Crippen LogP contribution in [0.3, 0.4) is 0 Å². The van der Waals surface area contributed by atoms with Gasteiger partial charge in [-0.1, -0.05) is 33.1 Å². The van der Waals surface area contributed by atoms with Crippen molar-refractivity contribution in [2.75, 3.05) is 13.1 Å². The van der Waals surface area contributed by atoms with Crippen molar-refractivity contribution in [3.63, 3.8) is 0 Å². The number of nitrogens with one attached hydrogen (secondary N) is 1. The molecule has 0 aromatic heterocycles. The fourth-order valence-electron chi connectivity index (χ4n) is 1.56. The van der Waals surface area contributed by atoms with Gasteiger partial charge in [-0.2, -0.15) is 0 Å².